The molecule has 0 atom stereocenters. The molecule has 7 aliphatic rings. The van der Waals surface area contributed by atoms with Crippen LogP contribution in [0.1, 0.15) is 67.5 Å². The van der Waals surface area contributed by atoms with Crippen LogP contribution in [-0.4, -0.2) is 0 Å². The molecule has 7 aliphatic carbocycles. The Labute approximate surface area is 211 Å². The molecule has 0 spiro atoms. The van der Waals surface area contributed by atoms with E-state index < -0.39 is 68.9 Å². The van der Waals surface area contributed by atoms with E-state index in [0.29, 0.717) is 58.7 Å². The van der Waals surface area contributed by atoms with Crippen LogP contribution in [0.2, 0.25) is 0 Å². The first kappa shape index (κ1) is 23.4. The van der Waals surface area contributed by atoms with Gasteiger partial charge in [0, 0.05) is 34.1 Å². The molecule has 0 nitrogen and oxygen atoms in total. The van der Waals surface area contributed by atoms with Gasteiger partial charge in [-0.25, -0.2) is 0 Å². The Bertz CT molecular complexity index is 1470. The van der Waals surface area contributed by atoms with Gasteiger partial charge >= 0.3 is 23.7 Å². The highest BCUT2D eigenvalue weighted by atomic mass is 19.3. The van der Waals surface area contributed by atoms with Crippen LogP contribution >= 0.6 is 0 Å². The second-order valence-corrected chi connectivity index (χ2v) is 9.99. The minimum atomic E-state index is -4.84. The fourth-order valence-electron chi connectivity index (χ4n) is 6.43. The quantitative estimate of drug-likeness (QED) is 0.173. The minimum absolute atomic E-state index is 0.365. The van der Waals surface area contributed by atoms with Crippen molar-refractivity contribution in [3.8, 4) is 0 Å². The van der Waals surface area contributed by atoms with Crippen molar-refractivity contribution in [1.82, 2.24) is 0 Å². The molecule has 0 saturated carbocycles. The van der Waals surface area contributed by atoms with Crippen LogP contribution in [0.3, 0.4) is 0 Å². The van der Waals surface area contributed by atoms with Crippen molar-refractivity contribution in [3.63, 3.8) is 0 Å². The molecular weight excluding hydrogens is 512 g/mol. The first-order chi connectivity index (χ1) is 17.9. The maximum Gasteiger partial charge on any atom is 0.340 e. The van der Waals surface area contributed by atoms with Crippen LogP contribution in [0.4, 0.5) is 35.1 Å². The number of hydrogen-bond acceptors (Lipinski definition) is 0. The number of rotatable bonds is 0. The molecule has 11 rings (SSSR count). The first-order valence-corrected chi connectivity index (χ1v) is 11.9. The first-order valence-electron chi connectivity index (χ1n) is 11.9. The molecule has 0 aromatic heterocycles. The van der Waals surface area contributed by atoms with Gasteiger partial charge in [-0.15, -0.1) is 0 Å². The summed E-state index contributed by atoms with van der Waals surface area (Å²) in [6.45, 7) is 0. The Kier molecular flexibility index (Phi) is 4.34. The summed E-state index contributed by atoms with van der Waals surface area (Å²) >= 11 is 0. The molecule has 0 unspecified atom stereocenters. The zero-order valence-corrected chi connectivity index (χ0v) is 19.3. The minimum Gasteiger partial charge on any atom is -0.194 e. The summed E-state index contributed by atoms with van der Waals surface area (Å²) in [4.78, 5) is 0. The average Bonchev–Trinajstić information content (AvgIpc) is 2.91. The number of hydrogen-bond donors (Lipinski definition) is 0. The van der Waals surface area contributed by atoms with Gasteiger partial charge in [0.2, 0.25) is 0 Å². The summed E-state index contributed by atoms with van der Waals surface area (Å²) < 4.78 is 126. The van der Waals surface area contributed by atoms with Crippen LogP contribution in [0.15, 0.2) is 84.9 Å². The summed E-state index contributed by atoms with van der Waals surface area (Å²) in [6, 6.07) is 15.5. The normalized spacial score (nSPS) is 24.1. The number of halogens is 8. The van der Waals surface area contributed by atoms with E-state index in [1.165, 1.54) is 0 Å². The third-order valence-corrected chi connectivity index (χ3v) is 8.18. The van der Waals surface area contributed by atoms with E-state index in [2.05, 4.69) is 0 Å². The Morgan fingerprint density at radius 1 is 0.368 bits per heavy atom. The molecule has 0 radical (unpaired) electrons. The van der Waals surface area contributed by atoms with Gasteiger partial charge in [0.1, 0.15) is 0 Å². The van der Waals surface area contributed by atoms with Gasteiger partial charge in [-0.1, -0.05) is 84.9 Å². The fourth-order valence-corrected chi connectivity index (χ4v) is 6.43. The van der Waals surface area contributed by atoms with Crippen LogP contribution in [0.5, 0.6) is 0 Å². The molecule has 0 aliphatic heterocycles. The van der Waals surface area contributed by atoms with Crippen molar-refractivity contribution in [2.45, 2.75) is 35.5 Å². The van der Waals surface area contributed by atoms with Gasteiger partial charge in [0.25, 0.3) is 0 Å². The van der Waals surface area contributed by atoms with Gasteiger partial charge in [0.05, 0.1) is 0 Å². The second kappa shape index (κ2) is 7.04. The van der Waals surface area contributed by atoms with E-state index in [1.807, 2.05) is 0 Å². The Morgan fingerprint density at radius 3 is 0.947 bits per heavy atom. The van der Waals surface area contributed by atoms with Crippen LogP contribution < -0.4 is 0 Å². The molecule has 0 saturated heterocycles. The van der Waals surface area contributed by atoms with E-state index in [9.17, 15) is 0 Å². The number of alkyl halides is 8. The predicted molar refractivity (Wildman–Crippen MR) is 123 cm³/mol. The lowest BCUT2D eigenvalue weighted by molar-refractivity contribution is -0.228. The SMILES string of the molecule is FC1(F)c2ccc(cc2)C(F)(F)C(F)(F)c2ccc(c3c2C2c4ccccc4C3c3ccccc32)C1(F)F. The largest absolute Gasteiger partial charge is 0.340 e. The maximum absolute atomic E-state index is 16.0. The number of benzene rings is 4. The summed E-state index contributed by atoms with van der Waals surface area (Å²) in [7, 11) is 0. The van der Waals surface area contributed by atoms with Gasteiger partial charge in [-0.05, 0) is 33.4 Å². The zero-order valence-electron chi connectivity index (χ0n) is 19.3. The highest BCUT2D eigenvalue weighted by molar-refractivity contribution is 5.72. The van der Waals surface area contributed by atoms with Crippen molar-refractivity contribution < 1.29 is 35.1 Å². The van der Waals surface area contributed by atoms with Crippen LogP contribution in [0, 0.1) is 0 Å². The van der Waals surface area contributed by atoms with E-state index in [1.54, 1.807) is 48.5 Å². The predicted octanol–water partition coefficient (Wildman–Crippen LogP) is 8.75. The molecule has 38 heavy (non-hydrogen) atoms. The molecule has 0 fully saturated rings. The van der Waals surface area contributed by atoms with Gasteiger partial charge in [-0.3, -0.25) is 0 Å². The molecule has 0 N–H and O–H groups in total. The summed E-state index contributed by atoms with van der Waals surface area (Å²) in [6.07, 6.45) is 0. The standard InChI is InChI=1S/C30H16F8/c31-27(32)15-9-11-16(12-10-15)28(33,34)30(37,38)22-14-13-21(29(27,35)36)25-23-17-5-1-2-6-18(17)24(26(22)25)20-8-4-3-7-19(20)23/h1-14,23-24H. The topological polar surface area (TPSA) is 0 Å². The highest BCUT2D eigenvalue weighted by Gasteiger charge is 2.65. The third-order valence-electron chi connectivity index (χ3n) is 8.18. The van der Waals surface area contributed by atoms with Crippen LogP contribution in [-0.2, 0) is 23.7 Å². The van der Waals surface area contributed by atoms with Gasteiger partial charge in [-0.2, -0.15) is 35.1 Å². The lowest BCUT2D eigenvalue weighted by atomic mass is 9.58. The molecule has 4 aromatic carbocycles. The summed E-state index contributed by atoms with van der Waals surface area (Å²) in [5.74, 6) is -21.5. The van der Waals surface area contributed by atoms with E-state index in [4.69, 9.17) is 0 Å². The average molecular weight is 528 g/mol. The molecule has 0 heterocycles. The van der Waals surface area contributed by atoms with Gasteiger partial charge in [0.15, 0.2) is 0 Å². The summed E-state index contributed by atoms with van der Waals surface area (Å²) in [5.41, 5.74) is -3.74. The monoisotopic (exact) mass is 528 g/mol. The maximum atomic E-state index is 16.0. The molecule has 8 heteroatoms. The van der Waals surface area contributed by atoms with E-state index >= 15 is 35.1 Å². The lowest BCUT2D eigenvalue weighted by Crippen LogP contribution is -2.43. The summed E-state index contributed by atoms with van der Waals surface area (Å²) in [5, 5.41) is 0. The van der Waals surface area contributed by atoms with Crippen molar-refractivity contribution in [2.24, 2.45) is 0 Å². The van der Waals surface area contributed by atoms with Crippen LogP contribution in [0.25, 0.3) is 0 Å². The Balaban J connectivity index is 1.67. The van der Waals surface area contributed by atoms with E-state index in [-0.39, 0.29) is 0 Å². The third kappa shape index (κ3) is 2.56. The van der Waals surface area contributed by atoms with E-state index in [0.717, 1.165) is 0 Å². The zero-order chi connectivity index (χ0) is 26.8. The van der Waals surface area contributed by atoms with Crippen molar-refractivity contribution >= 4 is 0 Å². The molecule has 6 bridgehead atoms. The van der Waals surface area contributed by atoms with Crippen molar-refractivity contribution in [3.05, 3.63) is 141 Å². The Hall–Kier alpha value is -3.68. The van der Waals surface area contributed by atoms with Crippen molar-refractivity contribution in [1.29, 1.82) is 0 Å². The lowest BCUT2D eigenvalue weighted by Gasteiger charge is -2.46. The van der Waals surface area contributed by atoms with Crippen molar-refractivity contribution in [2.75, 3.05) is 0 Å². The molecule has 0 amide bonds. The molecule has 4 aromatic rings. The second-order valence-electron chi connectivity index (χ2n) is 9.99. The molecule has 192 valence electrons. The smallest absolute Gasteiger partial charge is 0.194 e. The fraction of sp³-hybridized carbons (Fsp3) is 0.200. The van der Waals surface area contributed by atoms with Gasteiger partial charge < -0.3 is 0 Å². The Morgan fingerprint density at radius 2 is 0.658 bits per heavy atom. The highest BCUT2D eigenvalue weighted by Crippen LogP contribution is 2.64. The molecular formula is C30H16F8.